The molecular formula is H9FeLi3N2O9P2. The van der Waals surface area contributed by atoms with Gasteiger partial charge in [0.2, 0.25) is 0 Å². The molecule has 0 aliphatic rings. The molecule has 11 nitrogen and oxygen atoms in total. The van der Waals surface area contributed by atoms with E-state index >= 15 is 0 Å². The first-order valence-corrected chi connectivity index (χ1v) is 4.38. The Bertz CT molecular complexity index is 145. The van der Waals surface area contributed by atoms with Gasteiger partial charge in [-0.2, -0.15) is 15.6 Å². The van der Waals surface area contributed by atoms with Crippen molar-refractivity contribution in [2.75, 3.05) is 0 Å². The van der Waals surface area contributed by atoms with E-state index in [9.17, 15) is 0 Å². The fraction of sp³-hybridized carbons (Fsp3) is 0. The van der Waals surface area contributed by atoms with Crippen molar-refractivity contribution in [1.82, 2.24) is 12.3 Å². The molecule has 0 radical (unpaired) electrons. The predicted molar refractivity (Wildman–Crippen MR) is 29.1 cm³/mol. The third-order valence-electron chi connectivity index (χ3n) is 0. The van der Waals surface area contributed by atoms with Crippen LogP contribution in [0.4, 0.5) is 0 Å². The summed E-state index contributed by atoms with van der Waals surface area (Å²) in [7, 11) is -10.8. The summed E-state index contributed by atoms with van der Waals surface area (Å²) in [5, 5.41) is 0. The third kappa shape index (κ3) is 853. The average Bonchev–Trinajstić information content (AvgIpc) is 1.12. The molecule has 0 atom stereocenters. The SMILES string of the molecule is O=P([O-])([O-])[O-].O=P([O-])([O-])[O-].[Fe+2].[Li+].[Li+].[Li+].[NH4+].[NH4+].[OH-]. The maximum Gasteiger partial charge on any atom is 2.00 e. The van der Waals surface area contributed by atoms with E-state index < -0.39 is 15.6 Å². The molecule has 0 aromatic carbocycles. The van der Waals surface area contributed by atoms with Crippen LogP contribution in [-0.4, -0.2) is 5.48 Å². The minimum absolute atomic E-state index is 0. The fourth-order valence-electron chi connectivity index (χ4n) is 0. The van der Waals surface area contributed by atoms with Gasteiger partial charge in [-0.15, -0.1) is 0 Å². The molecule has 94 valence electrons. The molecule has 0 amide bonds. The normalized spacial score (nSPS) is 6.94. The van der Waals surface area contributed by atoms with E-state index in [0.717, 1.165) is 0 Å². The van der Waals surface area contributed by atoms with Crippen molar-refractivity contribution in [3.8, 4) is 0 Å². The molecule has 0 heterocycles. The van der Waals surface area contributed by atoms with Crippen molar-refractivity contribution in [1.29, 1.82) is 0 Å². The molecule has 0 saturated heterocycles. The molecule has 0 unspecified atom stereocenters. The average molecular weight is 320 g/mol. The number of quaternary nitrogens is 2. The van der Waals surface area contributed by atoms with Gasteiger partial charge in [-0.25, -0.2) is 0 Å². The zero-order chi connectivity index (χ0) is 9.00. The Morgan fingerprint density at radius 1 is 0.588 bits per heavy atom. The second-order valence-corrected chi connectivity index (χ2v) is 2.68. The maximum absolute atomic E-state index is 8.55. The van der Waals surface area contributed by atoms with E-state index in [0.29, 0.717) is 0 Å². The first-order chi connectivity index (χ1) is 4.00. The largest absolute Gasteiger partial charge is 2.00 e. The third-order valence-corrected chi connectivity index (χ3v) is 0. The zero-order valence-corrected chi connectivity index (χ0v) is 12.9. The second kappa shape index (κ2) is 26.9. The van der Waals surface area contributed by atoms with Crippen LogP contribution >= 0.6 is 15.6 Å². The topological polar surface area (TPSA) is 276 Å². The monoisotopic (exact) mass is 320 g/mol. The predicted octanol–water partition coefficient (Wildman–Crippen LogP) is -14.1. The van der Waals surface area contributed by atoms with Gasteiger partial charge < -0.3 is 56.3 Å². The first-order valence-electron chi connectivity index (χ1n) is 1.46. The molecule has 17 heavy (non-hydrogen) atoms. The van der Waals surface area contributed by atoms with Crippen LogP contribution in [0.15, 0.2) is 0 Å². The molecule has 0 spiro atoms. The van der Waals surface area contributed by atoms with Crippen molar-refractivity contribution in [3.63, 3.8) is 0 Å². The molecule has 9 N–H and O–H groups in total. The van der Waals surface area contributed by atoms with Gasteiger partial charge in [0, 0.05) is 0 Å². The second-order valence-electron chi connectivity index (χ2n) is 0.894. The number of rotatable bonds is 0. The summed E-state index contributed by atoms with van der Waals surface area (Å²) in [6, 6.07) is 0. The Labute approximate surface area is 144 Å². The van der Waals surface area contributed by atoms with Gasteiger partial charge in [-0.3, -0.25) is 0 Å². The van der Waals surface area contributed by atoms with Crippen LogP contribution in [0.5, 0.6) is 0 Å². The van der Waals surface area contributed by atoms with Gasteiger partial charge in [-0.1, -0.05) is 0 Å². The van der Waals surface area contributed by atoms with Gasteiger partial charge in [0.15, 0.2) is 0 Å². The Hall–Kier alpha value is 2.41. The number of hydrogen-bond donors (Lipinski definition) is 2. The summed E-state index contributed by atoms with van der Waals surface area (Å²) in [5.74, 6) is 0. The van der Waals surface area contributed by atoms with E-state index in [2.05, 4.69) is 0 Å². The zero-order valence-electron chi connectivity index (χ0n) is 9.96. The Morgan fingerprint density at radius 3 is 0.588 bits per heavy atom. The van der Waals surface area contributed by atoms with E-state index in [1.807, 2.05) is 0 Å². The molecule has 0 saturated carbocycles. The molecule has 0 aromatic heterocycles. The standard InChI is InChI=1S/Fe.3Li.2H3N.2H3O4P.H2O/c;;;;;;2*1-5(2,3)4;/h;;;;2*1H3;2*(H3,1,2,3,4);1H2/q+2;3*+1;;;;;/p-5. The minimum atomic E-state index is -5.39. The summed E-state index contributed by atoms with van der Waals surface area (Å²) in [6.45, 7) is 0. The molecule has 17 heteroatoms. The van der Waals surface area contributed by atoms with Crippen molar-refractivity contribution in [3.05, 3.63) is 0 Å². The van der Waals surface area contributed by atoms with E-state index in [-0.39, 0.29) is 91.4 Å². The summed E-state index contributed by atoms with van der Waals surface area (Å²) in [4.78, 5) is 51.3. The summed E-state index contributed by atoms with van der Waals surface area (Å²) >= 11 is 0. The molecule has 0 aliphatic carbocycles. The number of phosphoric acid groups is 2. The molecule has 0 fully saturated rings. The smallest absolute Gasteiger partial charge is 0.870 e. The molecule has 0 aliphatic heterocycles. The van der Waals surface area contributed by atoms with Gasteiger partial charge in [-0.05, 0) is 0 Å². The van der Waals surface area contributed by atoms with Gasteiger partial charge in [0.25, 0.3) is 0 Å². The molecular weight excluding hydrogens is 311 g/mol. The van der Waals surface area contributed by atoms with E-state index in [1.54, 1.807) is 0 Å². The van der Waals surface area contributed by atoms with E-state index in [4.69, 9.17) is 38.5 Å². The van der Waals surface area contributed by atoms with Crippen LogP contribution in [0.25, 0.3) is 0 Å². The maximum atomic E-state index is 8.55. The van der Waals surface area contributed by atoms with Crippen molar-refractivity contribution >= 4 is 15.6 Å². The molecule has 0 aromatic rings. The quantitative estimate of drug-likeness (QED) is 0.316. The Kier molecular flexibility index (Phi) is 96.0. The summed E-state index contributed by atoms with van der Waals surface area (Å²) < 4.78 is 17.1. The molecule has 0 rings (SSSR count). The van der Waals surface area contributed by atoms with Crippen LogP contribution in [0.3, 0.4) is 0 Å². The van der Waals surface area contributed by atoms with Crippen LogP contribution in [0.1, 0.15) is 0 Å². The Morgan fingerprint density at radius 2 is 0.588 bits per heavy atom. The number of hydrogen-bond acceptors (Lipinski definition) is 9. The Balaban J connectivity index is -0.00000000762. The minimum Gasteiger partial charge on any atom is -0.870 e. The van der Waals surface area contributed by atoms with Crippen molar-refractivity contribution in [2.45, 2.75) is 0 Å². The fourth-order valence-corrected chi connectivity index (χ4v) is 0. The summed E-state index contributed by atoms with van der Waals surface area (Å²) in [6.07, 6.45) is 0. The van der Waals surface area contributed by atoms with E-state index in [1.165, 1.54) is 0 Å². The van der Waals surface area contributed by atoms with Crippen LogP contribution in [0, 0.1) is 0 Å². The van der Waals surface area contributed by atoms with Crippen LogP contribution < -0.4 is 98.2 Å². The van der Waals surface area contributed by atoms with Gasteiger partial charge >= 0.3 is 73.7 Å². The first kappa shape index (κ1) is 60.7. The van der Waals surface area contributed by atoms with Crippen molar-refractivity contribution in [2.24, 2.45) is 0 Å². The molecule has 0 bridgehead atoms. The van der Waals surface area contributed by atoms with Crippen LogP contribution in [0.2, 0.25) is 0 Å². The van der Waals surface area contributed by atoms with Gasteiger partial charge in [0.1, 0.15) is 0 Å². The summed E-state index contributed by atoms with van der Waals surface area (Å²) in [5.41, 5.74) is 0. The van der Waals surface area contributed by atoms with Gasteiger partial charge in [0.05, 0.1) is 0 Å². The van der Waals surface area contributed by atoms with Crippen LogP contribution in [-0.2, 0) is 26.2 Å². The van der Waals surface area contributed by atoms with Crippen molar-refractivity contribution < 1.29 is 118 Å².